The van der Waals surface area contributed by atoms with Crippen LogP contribution in [0.25, 0.3) is 0 Å². The molecule has 1 rings (SSSR count). The molecule has 0 amide bonds. The third kappa shape index (κ3) is 6.62. The quantitative estimate of drug-likeness (QED) is 0.385. The molecule has 0 spiro atoms. The number of aromatic nitrogens is 1. The van der Waals surface area contributed by atoms with Gasteiger partial charge in [0.15, 0.2) is 0 Å². The monoisotopic (exact) mass is 331 g/mol. The first-order valence-electron chi connectivity index (χ1n) is 6.07. The predicted octanol–water partition coefficient (Wildman–Crippen LogP) is -0.607. The van der Waals surface area contributed by atoms with E-state index in [1.165, 1.54) is 12.3 Å². The zero-order chi connectivity index (χ0) is 15.2. The summed E-state index contributed by atoms with van der Waals surface area (Å²) in [4.78, 5) is 3.99. The molecule has 0 aromatic carbocycles. The van der Waals surface area contributed by atoms with Crippen molar-refractivity contribution in [1.82, 2.24) is 4.98 Å². The van der Waals surface area contributed by atoms with E-state index in [-0.39, 0.29) is 39.2 Å². The van der Waals surface area contributed by atoms with E-state index in [9.17, 15) is 13.0 Å². The smallest absolute Gasteiger partial charge is 1.00 e. The van der Waals surface area contributed by atoms with Gasteiger partial charge in [-0.15, -0.1) is 0 Å². The Kier molecular flexibility index (Phi) is 8.98. The molecule has 1 aromatic heterocycles. The Morgan fingerprint density at radius 3 is 2.29 bits per heavy atom. The molecule has 0 saturated heterocycles. The van der Waals surface area contributed by atoms with Crippen LogP contribution < -0.4 is 18.9 Å². The van der Waals surface area contributed by atoms with Crippen molar-refractivity contribution in [3.8, 4) is 0 Å². The van der Waals surface area contributed by atoms with Gasteiger partial charge in [-0.05, 0) is 26.0 Å². The van der Waals surface area contributed by atoms with E-state index in [2.05, 4.69) is 4.98 Å². The molecule has 1 aromatic rings. The first kappa shape index (κ1) is 20.8. The van der Waals surface area contributed by atoms with Crippen molar-refractivity contribution < 1.29 is 46.9 Å². The summed E-state index contributed by atoms with van der Waals surface area (Å²) in [5, 5.41) is 0. The summed E-state index contributed by atoms with van der Waals surface area (Å²) in [6, 6.07) is 4.78. The van der Waals surface area contributed by atoms with E-state index >= 15 is 0 Å². The molecule has 0 aliphatic carbocycles. The number of rotatable bonds is 8. The third-order valence-corrected chi connectivity index (χ3v) is 5.85. The van der Waals surface area contributed by atoms with Gasteiger partial charge in [0, 0.05) is 6.20 Å². The standard InChI is InChI=1S/C11H18NO6PS.Li.H/c1-3-17-19(13,18-4-2)11(9-20(14,15)16)10-7-5-6-8-12-10;;/h5-8,11H,3-4,9H2,1-2H3,(H,14,15,16);;/q;+1;-1. The Bertz CT molecular complexity index is 563. The van der Waals surface area contributed by atoms with Gasteiger partial charge in [-0.25, -0.2) is 0 Å². The third-order valence-electron chi connectivity index (χ3n) is 2.40. The van der Waals surface area contributed by atoms with Crippen LogP contribution in [0.2, 0.25) is 0 Å². The first-order chi connectivity index (χ1) is 9.32. The van der Waals surface area contributed by atoms with E-state index in [4.69, 9.17) is 13.6 Å². The van der Waals surface area contributed by atoms with Gasteiger partial charge >= 0.3 is 26.5 Å². The number of hydrogen-bond donors (Lipinski definition) is 1. The van der Waals surface area contributed by atoms with Crippen molar-refractivity contribution in [3.05, 3.63) is 30.1 Å². The summed E-state index contributed by atoms with van der Waals surface area (Å²) in [5.74, 6) is -0.776. The molecular formula is C11H19LiNO6PS. The minimum Gasteiger partial charge on any atom is -1.00 e. The molecule has 116 valence electrons. The van der Waals surface area contributed by atoms with Crippen LogP contribution in [0.5, 0.6) is 0 Å². The van der Waals surface area contributed by atoms with Crippen LogP contribution >= 0.6 is 7.60 Å². The molecule has 0 aliphatic heterocycles. The van der Waals surface area contributed by atoms with E-state index in [1.807, 2.05) is 0 Å². The molecule has 0 aliphatic rings. The van der Waals surface area contributed by atoms with Crippen LogP contribution in [0.1, 0.15) is 26.6 Å². The van der Waals surface area contributed by atoms with Crippen molar-refractivity contribution in [1.29, 1.82) is 0 Å². The Morgan fingerprint density at radius 2 is 1.90 bits per heavy atom. The van der Waals surface area contributed by atoms with E-state index in [1.54, 1.807) is 26.0 Å². The molecule has 0 saturated carbocycles. The summed E-state index contributed by atoms with van der Waals surface area (Å²) in [6.07, 6.45) is 1.44. The molecule has 1 unspecified atom stereocenters. The second-order valence-electron chi connectivity index (χ2n) is 3.89. The molecule has 7 nitrogen and oxygen atoms in total. The molecular weight excluding hydrogens is 312 g/mol. The molecule has 10 heteroatoms. The fourth-order valence-electron chi connectivity index (χ4n) is 1.69. The summed E-state index contributed by atoms with van der Waals surface area (Å²) in [7, 11) is -8.11. The van der Waals surface area contributed by atoms with Gasteiger partial charge in [-0.1, -0.05) is 6.07 Å². The van der Waals surface area contributed by atoms with Crippen molar-refractivity contribution in [2.75, 3.05) is 19.0 Å². The fourth-order valence-corrected chi connectivity index (χ4v) is 5.18. The van der Waals surface area contributed by atoms with Gasteiger partial charge < -0.3 is 10.5 Å². The second kappa shape index (κ2) is 9.06. The average Bonchev–Trinajstić information content (AvgIpc) is 2.36. The van der Waals surface area contributed by atoms with Crippen LogP contribution in [-0.4, -0.2) is 36.9 Å². The summed E-state index contributed by atoms with van der Waals surface area (Å²) >= 11 is 0. The zero-order valence-electron chi connectivity index (χ0n) is 13.3. The van der Waals surface area contributed by atoms with Crippen LogP contribution in [-0.2, 0) is 23.7 Å². The normalized spacial score (nSPS) is 13.5. The Morgan fingerprint density at radius 1 is 1.33 bits per heavy atom. The van der Waals surface area contributed by atoms with Gasteiger partial charge in [0.2, 0.25) is 0 Å². The molecule has 0 bridgehead atoms. The Balaban J connectivity index is 0. The summed E-state index contributed by atoms with van der Waals surface area (Å²) in [5.41, 5.74) is -0.936. The number of hydrogen-bond acceptors (Lipinski definition) is 6. The van der Waals surface area contributed by atoms with Gasteiger partial charge in [0.25, 0.3) is 10.1 Å². The van der Waals surface area contributed by atoms with Crippen molar-refractivity contribution in [2.24, 2.45) is 0 Å². The number of nitrogens with zero attached hydrogens (tertiary/aromatic N) is 1. The van der Waals surface area contributed by atoms with E-state index in [0.717, 1.165) is 0 Å². The van der Waals surface area contributed by atoms with E-state index < -0.39 is 29.1 Å². The Labute approximate surface area is 138 Å². The van der Waals surface area contributed by atoms with Crippen LogP contribution in [0, 0.1) is 0 Å². The van der Waals surface area contributed by atoms with Crippen LogP contribution in [0.4, 0.5) is 0 Å². The van der Waals surface area contributed by atoms with Crippen molar-refractivity contribution in [2.45, 2.75) is 19.5 Å². The largest absolute Gasteiger partial charge is 1.00 e. The maximum Gasteiger partial charge on any atom is 1.00 e. The van der Waals surface area contributed by atoms with Crippen LogP contribution in [0.3, 0.4) is 0 Å². The Hall–Kier alpha value is -0.193. The van der Waals surface area contributed by atoms with Crippen molar-refractivity contribution >= 4 is 17.7 Å². The topological polar surface area (TPSA) is 103 Å². The number of pyridine rings is 1. The molecule has 0 radical (unpaired) electrons. The second-order valence-corrected chi connectivity index (χ2v) is 7.61. The molecule has 1 N–H and O–H groups in total. The van der Waals surface area contributed by atoms with Gasteiger partial charge in [-0.2, -0.15) is 8.42 Å². The fraction of sp³-hybridized carbons (Fsp3) is 0.545. The predicted molar refractivity (Wildman–Crippen MR) is 75.4 cm³/mol. The SMILES string of the molecule is CCOP(=O)(OCC)C(CS(=O)(=O)O)c1ccccn1.[H-].[Li+]. The maximum absolute atomic E-state index is 12.7. The summed E-state index contributed by atoms with van der Waals surface area (Å²) < 4.78 is 54.4. The zero-order valence-corrected chi connectivity index (χ0v) is 14.0. The molecule has 21 heavy (non-hydrogen) atoms. The van der Waals surface area contributed by atoms with Crippen LogP contribution in [0.15, 0.2) is 24.4 Å². The molecule has 1 atom stereocenters. The molecule has 1 heterocycles. The van der Waals surface area contributed by atoms with Gasteiger partial charge in [0.05, 0.1) is 24.7 Å². The van der Waals surface area contributed by atoms with Crippen molar-refractivity contribution in [3.63, 3.8) is 0 Å². The van der Waals surface area contributed by atoms with Gasteiger partial charge in [-0.3, -0.25) is 14.1 Å². The minimum absolute atomic E-state index is 0. The average molecular weight is 331 g/mol. The van der Waals surface area contributed by atoms with Gasteiger partial charge in [0.1, 0.15) is 5.66 Å². The maximum atomic E-state index is 12.7. The first-order valence-corrected chi connectivity index (χ1v) is 9.29. The molecule has 0 fully saturated rings. The minimum atomic E-state index is -4.36. The summed E-state index contributed by atoms with van der Waals surface area (Å²) in [6.45, 7) is 3.42. The van der Waals surface area contributed by atoms with E-state index in [0.29, 0.717) is 0 Å².